The van der Waals surface area contributed by atoms with E-state index in [1.807, 2.05) is 0 Å². The van der Waals surface area contributed by atoms with Crippen molar-refractivity contribution in [3.05, 3.63) is 48.0 Å². The minimum atomic E-state index is -3.65. The lowest BCUT2D eigenvalue weighted by Crippen LogP contribution is -2.26. The monoisotopic (exact) mass is 292 g/mol. The zero-order valence-corrected chi connectivity index (χ0v) is 12.1. The molecule has 5 nitrogen and oxygen atoms in total. The number of sulfonamides is 1. The summed E-state index contributed by atoms with van der Waals surface area (Å²) in [4.78, 5) is 0.180. The SMILES string of the molecule is Cc1cc(S(=O)(=O)N(C)c2ccc(O)cc2)ccc1N. The van der Waals surface area contributed by atoms with Gasteiger partial charge in [-0.15, -0.1) is 0 Å². The number of nitrogens with two attached hydrogens (primary N) is 1. The fraction of sp³-hybridized carbons (Fsp3) is 0.143. The maximum atomic E-state index is 12.5. The molecular formula is C14H16N2O3S. The van der Waals surface area contributed by atoms with Crippen LogP contribution in [0.4, 0.5) is 11.4 Å². The van der Waals surface area contributed by atoms with E-state index < -0.39 is 10.0 Å². The van der Waals surface area contributed by atoms with Gasteiger partial charge in [-0.2, -0.15) is 0 Å². The third kappa shape index (κ3) is 2.55. The molecule has 2 aromatic carbocycles. The number of nitrogens with zero attached hydrogens (tertiary/aromatic N) is 1. The third-order valence-electron chi connectivity index (χ3n) is 3.11. The highest BCUT2D eigenvalue weighted by Crippen LogP contribution is 2.25. The number of phenolic OH excluding ortho intramolecular Hbond substituents is 1. The van der Waals surface area contributed by atoms with Crippen molar-refractivity contribution in [1.82, 2.24) is 0 Å². The number of nitrogen functional groups attached to an aromatic ring is 1. The van der Waals surface area contributed by atoms with Crippen molar-refractivity contribution in [3.63, 3.8) is 0 Å². The van der Waals surface area contributed by atoms with E-state index in [-0.39, 0.29) is 10.6 Å². The molecule has 0 aliphatic heterocycles. The van der Waals surface area contributed by atoms with Crippen molar-refractivity contribution in [2.24, 2.45) is 0 Å². The molecule has 0 radical (unpaired) electrons. The second-order valence-electron chi connectivity index (χ2n) is 4.51. The van der Waals surface area contributed by atoms with Gasteiger partial charge in [-0.25, -0.2) is 8.42 Å². The molecular weight excluding hydrogens is 276 g/mol. The summed E-state index contributed by atoms with van der Waals surface area (Å²) in [6, 6.07) is 10.6. The minimum Gasteiger partial charge on any atom is -0.508 e. The average molecular weight is 292 g/mol. The molecule has 106 valence electrons. The molecule has 6 heteroatoms. The Labute approximate surface area is 118 Å². The van der Waals surface area contributed by atoms with E-state index in [9.17, 15) is 13.5 Å². The second-order valence-corrected chi connectivity index (χ2v) is 6.48. The molecule has 3 N–H and O–H groups in total. The first kappa shape index (κ1) is 14.2. The van der Waals surface area contributed by atoms with Crippen molar-refractivity contribution < 1.29 is 13.5 Å². The quantitative estimate of drug-likeness (QED) is 0.849. The van der Waals surface area contributed by atoms with Crippen LogP contribution < -0.4 is 10.0 Å². The van der Waals surface area contributed by atoms with Gasteiger partial charge in [0, 0.05) is 12.7 Å². The zero-order valence-electron chi connectivity index (χ0n) is 11.2. The highest BCUT2D eigenvalue weighted by Gasteiger charge is 2.21. The van der Waals surface area contributed by atoms with Crippen molar-refractivity contribution in [2.75, 3.05) is 17.1 Å². The van der Waals surface area contributed by atoms with Crippen LogP contribution in [-0.4, -0.2) is 20.6 Å². The Hall–Kier alpha value is -2.21. The lowest BCUT2D eigenvalue weighted by atomic mass is 10.2. The molecule has 0 bridgehead atoms. The first-order valence-electron chi connectivity index (χ1n) is 5.96. The summed E-state index contributed by atoms with van der Waals surface area (Å²) in [7, 11) is -2.18. The molecule has 0 heterocycles. The predicted octanol–water partition coefficient (Wildman–Crippen LogP) is 2.11. The maximum Gasteiger partial charge on any atom is 0.264 e. The lowest BCUT2D eigenvalue weighted by molar-refractivity contribution is 0.475. The topological polar surface area (TPSA) is 83.6 Å². The normalized spacial score (nSPS) is 11.3. The fourth-order valence-corrected chi connectivity index (χ4v) is 3.05. The Balaban J connectivity index is 2.43. The summed E-state index contributed by atoms with van der Waals surface area (Å²) in [5.41, 5.74) is 7.43. The largest absolute Gasteiger partial charge is 0.508 e. The van der Waals surface area contributed by atoms with E-state index in [4.69, 9.17) is 5.73 Å². The van der Waals surface area contributed by atoms with E-state index in [2.05, 4.69) is 0 Å². The van der Waals surface area contributed by atoms with Gasteiger partial charge in [0.25, 0.3) is 10.0 Å². The molecule has 2 aromatic rings. The van der Waals surface area contributed by atoms with Gasteiger partial charge in [-0.1, -0.05) is 0 Å². The molecule has 0 aliphatic rings. The molecule has 0 saturated carbocycles. The van der Waals surface area contributed by atoms with Crippen LogP contribution in [0.1, 0.15) is 5.56 Å². The average Bonchev–Trinajstić information content (AvgIpc) is 2.41. The van der Waals surface area contributed by atoms with Crippen LogP contribution in [-0.2, 0) is 10.0 Å². The molecule has 20 heavy (non-hydrogen) atoms. The van der Waals surface area contributed by atoms with Crippen LogP contribution in [0.3, 0.4) is 0 Å². The Morgan fingerprint density at radius 2 is 1.70 bits per heavy atom. The molecule has 0 unspecified atom stereocenters. The van der Waals surface area contributed by atoms with Gasteiger partial charge < -0.3 is 10.8 Å². The zero-order chi connectivity index (χ0) is 14.9. The Morgan fingerprint density at radius 3 is 2.25 bits per heavy atom. The van der Waals surface area contributed by atoms with Crippen LogP contribution in [0.25, 0.3) is 0 Å². The summed E-state index contributed by atoms with van der Waals surface area (Å²) < 4.78 is 26.2. The predicted molar refractivity (Wildman–Crippen MR) is 79.3 cm³/mol. The molecule has 0 aliphatic carbocycles. The number of hydrogen-bond acceptors (Lipinski definition) is 4. The summed E-state index contributed by atoms with van der Waals surface area (Å²) in [5, 5.41) is 9.24. The second kappa shape index (κ2) is 5.05. The maximum absolute atomic E-state index is 12.5. The lowest BCUT2D eigenvalue weighted by Gasteiger charge is -2.20. The van der Waals surface area contributed by atoms with E-state index in [1.165, 1.54) is 37.4 Å². The highest BCUT2D eigenvalue weighted by molar-refractivity contribution is 7.92. The van der Waals surface area contributed by atoms with Crippen LogP contribution >= 0.6 is 0 Å². The van der Waals surface area contributed by atoms with E-state index in [0.717, 1.165) is 4.31 Å². The van der Waals surface area contributed by atoms with Crippen LogP contribution in [0, 0.1) is 6.92 Å². The fourth-order valence-electron chi connectivity index (χ4n) is 1.77. The molecule has 2 rings (SSSR count). The standard InChI is InChI=1S/C14H16N2O3S/c1-10-9-13(7-8-14(10)15)20(18,19)16(2)11-3-5-12(17)6-4-11/h3-9,17H,15H2,1-2H3. The van der Waals surface area contributed by atoms with E-state index in [1.54, 1.807) is 19.1 Å². The van der Waals surface area contributed by atoms with Gasteiger partial charge in [0.15, 0.2) is 0 Å². The van der Waals surface area contributed by atoms with Gasteiger partial charge in [0.05, 0.1) is 10.6 Å². The minimum absolute atomic E-state index is 0.0860. The van der Waals surface area contributed by atoms with Gasteiger partial charge in [0.2, 0.25) is 0 Å². The summed E-state index contributed by atoms with van der Waals surface area (Å²) in [6.45, 7) is 1.76. The molecule has 0 atom stereocenters. The Kier molecular flexibility index (Phi) is 3.59. The summed E-state index contributed by atoms with van der Waals surface area (Å²) in [6.07, 6.45) is 0. The Bertz CT molecular complexity index is 725. The number of rotatable bonds is 3. The first-order valence-corrected chi connectivity index (χ1v) is 7.40. The smallest absolute Gasteiger partial charge is 0.264 e. The van der Waals surface area contributed by atoms with Gasteiger partial charge in [-0.05, 0) is 55.0 Å². The molecule has 0 aromatic heterocycles. The van der Waals surface area contributed by atoms with Crippen LogP contribution in [0.15, 0.2) is 47.4 Å². The molecule has 0 amide bonds. The summed E-state index contributed by atoms with van der Waals surface area (Å²) in [5.74, 6) is 0.0860. The number of phenols is 1. The number of aromatic hydroxyl groups is 1. The number of hydrogen-bond donors (Lipinski definition) is 2. The van der Waals surface area contributed by atoms with Crippen molar-refractivity contribution in [2.45, 2.75) is 11.8 Å². The molecule has 0 saturated heterocycles. The van der Waals surface area contributed by atoms with Gasteiger partial charge in [0.1, 0.15) is 5.75 Å². The van der Waals surface area contributed by atoms with E-state index in [0.29, 0.717) is 16.9 Å². The van der Waals surface area contributed by atoms with Crippen molar-refractivity contribution >= 4 is 21.4 Å². The number of aryl methyl sites for hydroxylation is 1. The van der Waals surface area contributed by atoms with Crippen molar-refractivity contribution in [3.8, 4) is 5.75 Å². The molecule has 0 fully saturated rings. The van der Waals surface area contributed by atoms with E-state index >= 15 is 0 Å². The van der Waals surface area contributed by atoms with Crippen LogP contribution in [0.2, 0.25) is 0 Å². The molecule has 0 spiro atoms. The summed E-state index contributed by atoms with van der Waals surface area (Å²) >= 11 is 0. The Morgan fingerprint density at radius 1 is 1.10 bits per heavy atom. The highest BCUT2D eigenvalue weighted by atomic mass is 32.2. The number of benzene rings is 2. The van der Waals surface area contributed by atoms with Gasteiger partial charge in [-0.3, -0.25) is 4.31 Å². The van der Waals surface area contributed by atoms with Crippen LogP contribution in [0.5, 0.6) is 5.75 Å². The third-order valence-corrected chi connectivity index (χ3v) is 4.89. The van der Waals surface area contributed by atoms with Gasteiger partial charge >= 0.3 is 0 Å². The first-order chi connectivity index (χ1) is 9.32. The van der Waals surface area contributed by atoms with Crippen molar-refractivity contribution in [1.29, 1.82) is 0 Å². The number of anilines is 2.